The van der Waals surface area contributed by atoms with Crippen LogP contribution >= 0.6 is 35.0 Å². The molecule has 180 valence electrons. The summed E-state index contributed by atoms with van der Waals surface area (Å²) in [6, 6.07) is 20.1. The summed E-state index contributed by atoms with van der Waals surface area (Å²) >= 11 is 13.5. The maximum absolute atomic E-state index is 12.6. The van der Waals surface area contributed by atoms with Crippen molar-refractivity contribution in [2.75, 3.05) is 24.8 Å². The number of nitrogens with zero attached hydrogens (tertiary/aromatic N) is 3. The number of amides is 1. The molecule has 1 heterocycles. The smallest absolute Gasteiger partial charge is 0.234 e. The number of ether oxygens (including phenoxy) is 2. The maximum Gasteiger partial charge on any atom is 0.234 e. The van der Waals surface area contributed by atoms with Crippen LogP contribution < -0.4 is 14.8 Å². The number of rotatable bonds is 9. The van der Waals surface area contributed by atoms with Gasteiger partial charge in [-0.1, -0.05) is 35.0 Å². The van der Waals surface area contributed by atoms with Crippen molar-refractivity contribution in [3.05, 3.63) is 76.8 Å². The number of benzene rings is 3. The van der Waals surface area contributed by atoms with Crippen LogP contribution in [0.4, 0.5) is 5.69 Å². The number of halogens is 2. The number of methoxy groups -OCH3 is 1. The molecular weight excluding hydrogens is 507 g/mol. The number of carbonyl (C=O) groups is 1. The lowest BCUT2D eigenvalue weighted by Crippen LogP contribution is -2.14. The molecule has 35 heavy (non-hydrogen) atoms. The molecule has 0 atom stereocenters. The molecule has 1 amide bonds. The van der Waals surface area contributed by atoms with Crippen LogP contribution in [0.3, 0.4) is 0 Å². The number of hydrogen-bond acceptors (Lipinski definition) is 6. The van der Waals surface area contributed by atoms with Gasteiger partial charge in [0, 0.05) is 22.0 Å². The molecule has 0 saturated carbocycles. The standard InChI is InChI=1S/C25H22Cl2N4O3S/c1-3-34-20-11-9-19(10-12-20)31-24(16-4-6-17(26)7-5-16)29-30-25(31)35-15-23(32)28-18-8-13-22(33-2)21(27)14-18/h4-14H,3,15H2,1-2H3,(H,28,32). The van der Waals surface area contributed by atoms with Crippen LogP contribution in [0.15, 0.2) is 71.9 Å². The van der Waals surface area contributed by atoms with Crippen molar-refractivity contribution in [1.82, 2.24) is 14.8 Å². The van der Waals surface area contributed by atoms with E-state index in [0.29, 0.717) is 39.1 Å². The molecule has 0 aliphatic carbocycles. The first kappa shape index (κ1) is 24.9. The summed E-state index contributed by atoms with van der Waals surface area (Å²) in [5.41, 5.74) is 2.27. The van der Waals surface area contributed by atoms with E-state index in [1.54, 1.807) is 30.3 Å². The summed E-state index contributed by atoms with van der Waals surface area (Å²) in [5.74, 6) is 1.86. The van der Waals surface area contributed by atoms with Gasteiger partial charge in [0.05, 0.1) is 24.5 Å². The molecule has 4 aromatic rings. The Morgan fingerprint density at radius 2 is 1.77 bits per heavy atom. The van der Waals surface area contributed by atoms with Gasteiger partial charge in [-0.05, 0) is 73.7 Å². The van der Waals surface area contributed by atoms with E-state index in [1.165, 1.54) is 18.9 Å². The lowest BCUT2D eigenvalue weighted by Gasteiger charge is -2.12. The van der Waals surface area contributed by atoms with Crippen LogP contribution in [0.2, 0.25) is 10.0 Å². The lowest BCUT2D eigenvalue weighted by atomic mass is 10.2. The average Bonchev–Trinajstić information content (AvgIpc) is 3.28. The Balaban J connectivity index is 1.57. The fourth-order valence-corrected chi connectivity index (χ4v) is 4.45. The van der Waals surface area contributed by atoms with E-state index >= 15 is 0 Å². The zero-order valence-electron chi connectivity index (χ0n) is 19.0. The SMILES string of the molecule is CCOc1ccc(-n2c(SCC(=O)Nc3ccc(OC)c(Cl)c3)nnc2-c2ccc(Cl)cc2)cc1. The lowest BCUT2D eigenvalue weighted by molar-refractivity contribution is -0.113. The fourth-order valence-electron chi connectivity index (χ4n) is 3.31. The molecule has 7 nitrogen and oxygen atoms in total. The highest BCUT2D eigenvalue weighted by molar-refractivity contribution is 7.99. The zero-order chi connectivity index (χ0) is 24.8. The van der Waals surface area contributed by atoms with Crippen molar-refractivity contribution in [2.45, 2.75) is 12.1 Å². The molecule has 1 N–H and O–H groups in total. The highest BCUT2D eigenvalue weighted by Crippen LogP contribution is 2.30. The number of anilines is 1. The Morgan fingerprint density at radius 1 is 1.03 bits per heavy atom. The van der Waals surface area contributed by atoms with Gasteiger partial charge in [0.25, 0.3) is 0 Å². The molecule has 1 aromatic heterocycles. The van der Waals surface area contributed by atoms with Crippen molar-refractivity contribution in [3.8, 4) is 28.6 Å². The molecule has 0 saturated heterocycles. The third kappa shape index (κ3) is 6.08. The fraction of sp³-hybridized carbons (Fsp3) is 0.160. The van der Waals surface area contributed by atoms with Gasteiger partial charge in [-0.15, -0.1) is 10.2 Å². The molecule has 0 unspecified atom stereocenters. The van der Waals surface area contributed by atoms with Gasteiger partial charge in [-0.25, -0.2) is 0 Å². The van der Waals surface area contributed by atoms with Crippen LogP contribution in [-0.4, -0.2) is 40.1 Å². The molecule has 0 aliphatic rings. The highest BCUT2D eigenvalue weighted by atomic mass is 35.5. The van der Waals surface area contributed by atoms with Crippen LogP contribution in [0.5, 0.6) is 11.5 Å². The van der Waals surface area contributed by atoms with Gasteiger partial charge in [0.2, 0.25) is 5.91 Å². The van der Waals surface area contributed by atoms with Crippen molar-refractivity contribution in [3.63, 3.8) is 0 Å². The zero-order valence-corrected chi connectivity index (χ0v) is 21.3. The number of carbonyl (C=O) groups excluding carboxylic acids is 1. The average molecular weight is 529 g/mol. The minimum atomic E-state index is -0.203. The number of nitrogens with one attached hydrogen (secondary N) is 1. The first-order valence-electron chi connectivity index (χ1n) is 10.7. The van der Waals surface area contributed by atoms with Crippen LogP contribution in [-0.2, 0) is 4.79 Å². The summed E-state index contributed by atoms with van der Waals surface area (Å²) in [6.45, 7) is 2.52. The van der Waals surface area contributed by atoms with E-state index in [0.717, 1.165) is 17.0 Å². The highest BCUT2D eigenvalue weighted by Gasteiger charge is 2.18. The molecule has 3 aromatic carbocycles. The predicted molar refractivity (Wildman–Crippen MR) is 140 cm³/mol. The number of thioether (sulfide) groups is 1. The minimum Gasteiger partial charge on any atom is -0.495 e. The molecule has 10 heteroatoms. The van der Waals surface area contributed by atoms with E-state index in [9.17, 15) is 4.79 Å². The van der Waals surface area contributed by atoms with Gasteiger partial charge in [0.1, 0.15) is 11.5 Å². The second-order valence-corrected chi connectivity index (χ2v) is 9.05. The molecule has 4 rings (SSSR count). The normalized spacial score (nSPS) is 10.7. The summed E-state index contributed by atoms with van der Waals surface area (Å²) in [7, 11) is 1.54. The van der Waals surface area contributed by atoms with E-state index in [1.807, 2.05) is 47.9 Å². The van der Waals surface area contributed by atoms with E-state index in [4.69, 9.17) is 32.7 Å². The van der Waals surface area contributed by atoms with Gasteiger partial charge < -0.3 is 14.8 Å². The Hall–Kier alpha value is -3.20. The quantitative estimate of drug-likeness (QED) is 0.254. The molecule has 0 aliphatic heterocycles. The van der Waals surface area contributed by atoms with Crippen LogP contribution in [0.25, 0.3) is 17.1 Å². The Kier molecular flexibility index (Phi) is 8.17. The Bertz CT molecular complexity index is 1310. The summed E-state index contributed by atoms with van der Waals surface area (Å²) in [5, 5.41) is 13.2. The second kappa shape index (κ2) is 11.5. The molecule has 0 bridgehead atoms. The predicted octanol–water partition coefficient (Wildman–Crippen LogP) is 6.38. The Labute approximate surface area is 217 Å². The van der Waals surface area contributed by atoms with Crippen molar-refractivity contribution >= 4 is 46.6 Å². The molecule has 0 fully saturated rings. The van der Waals surface area contributed by atoms with Crippen molar-refractivity contribution in [2.24, 2.45) is 0 Å². The summed E-state index contributed by atoms with van der Waals surface area (Å²) in [4.78, 5) is 12.6. The Morgan fingerprint density at radius 3 is 2.43 bits per heavy atom. The first-order valence-corrected chi connectivity index (χ1v) is 12.4. The molecule has 0 spiro atoms. The van der Waals surface area contributed by atoms with Crippen LogP contribution in [0, 0.1) is 0 Å². The van der Waals surface area contributed by atoms with E-state index in [2.05, 4.69) is 15.5 Å². The third-order valence-electron chi connectivity index (χ3n) is 4.91. The minimum absolute atomic E-state index is 0.124. The first-order chi connectivity index (χ1) is 17.0. The van der Waals surface area contributed by atoms with Gasteiger partial charge in [0.15, 0.2) is 11.0 Å². The maximum atomic E-state index is 12.6. The molecular formula is C25H22Cl2N4O3S. The summed E-state index contributed by atoms with van der Waals surface area (Å²) < 4.78 is 12.6. The monoisotopic (exact) mass is 528 g/mol. The van der Waals surface area contributed by atoms with Gasteiger partial charge in [-0.3, -0.25) is 9.36 Å². The third-order valence-corrected chi connectivity index (χ3v) is 6.39. The van der Waals surface area contributed by atoms with Gasteiger partial charge >= 0.3 is 0 Å². The number of aromatic nitrogens is 3. The van der Waals surface area contributed by atoms with Crippen molar-refractivity contribution < 1.29 is 14.3 Å². The van der Waals surface area contributed by atoms with E-state index < -0.39 is 0 Å². The van der Waals surface area contributed by atoms with Crippen molar-refractivity contribution in [1.29, 1.82) is 0 Å². The van der Waals surface area contributed by atoms with Crippen LogP contribution in [0.1, 0.15) is 6.92 Å². The topological polar surface area (TPSA) is 78.3 Å². The summed E-state index contributed by atoms with van der Waals surface area (Å²) in [6.07, 6.45) is 0. The molecule has 0 radical (unpaired) electrons. The second-order valence-electron chi connectivity index (χ2n) is 7.26. The number of hydrogen-bond donors (Lipinski definition) is 1. The van der Waals surface area contributed by atoms with Gasteiger partial charge in [-0.2, -0.15) is 0 Å². The largest absolute Gasteiger partial charge is 0.495 e. The van der Waals surface area contributed by atoms with E-state index in [-0.39, 0.29) is 11.7 Å².